The van der Waals surface area contributed by atoms with Gasteiger partial charge in [-0.25, -0.2) is 0 Å². The molecule has 2 aliphatic carbocycles. The molecule has 0 radical (unpaired) electrons. The first-order chi connectivity index (χ1) is 9.77. The smallest absolute Gasteiger partial charge is 0.226 e. The van der Waals surface area contributed by atoms with Gasteiger partial charge in [0, 0.05) is 25.6 Å². The molecule has 3 unspecified atom stereocenters. The molecule has 3 atom stereocenters. The van der Waals surface area contributed by atoms with Gasteiger partial charge in [-0.2, -0.15) is 0 Å². The van der Waals surface area contributed by atoms with Crippen LogP contribution in [0.1, 0.15) is 36.8 Å². The molecule has 0 heterocycles. The number of benzene rings is 1. The van der Waals surface area contributed by atoms with E-state index in [2.05, 4.69) is 31.2 Å². The Labute approximate surface area is 121 Å². The number of rotatable bonds is 5. The quantitative estimate of drug-likeness (QED) is 0.893. The Balaban J connectivity index is 1.76. The van der Waals surface area contributed by atoms with Crippen LogP contribution in [0.25, 0.3) is 0 Å². The minimum atomic E-state index is 0.219. The van der Waals surface area contributed by atoms with Crippen molar-refractivity contribution in [1.29, 1.82) is 0 Å². The molecule has 2 N–H and O–H groups in total. The second-order valence-electron chi connectivity index (χ2n) is 6.07. The summed E-state index contributed by atoms with van der Waals surface area (Å²) in [5.41, 5.74) is 8.52. The van der Waals surface area contributed by atoms with Gasteiger partial charge >= 0.3 is 0 Å². The van der Waals surface area contributed by atoms with Gasteiger partial charge in [0.2, 0.25) is 5.91 Å². The number of carbonyl (C=O) groups is 1. The Kier molecular flexibility index (Phi) is 3.79. The van der Waals surface area contributed by atoms with E-state index in [-0.39, 0.29) is 5.92 Å². The highest BCUT2D eigenvalue weighted by atomic mass is 16.2. The average Bonchev–Trinajstić information content (AvgIpc) is 3.21. The molecule has 1 aromatic carbocycles. The van der Waals surface area contributed by atoms with E-state index in [1.54, 1.807) is 0 Å². The number of carbonyl (C=O) groups excluding carboxylic acids is 1. The van der Waals surface area contributed by atoms with Crippen LogP contribution in [-0.2, 0) is 11.2 Å². The first kappa shape index (κ1) is 13.6. The lowest BCUT2D eigenvalue weighted by molar-refractivity contribution is -0.133. The van der Waals surface area contributed by atoms with Gasteiger partial charge in [-0.15, -0.1) is 0 Å². The molecule has 3 heteroatoms. The number of hydrogen-bond donors (Lipinski definition) is 1. The molecule has 3 nitrogen and oxygen atoms in total. The lowest BCUT2D eigenvalue weighted by atomic mass is 9.92. The molecule has 1 amide bonds. The summed E-state index contributed by atoms with van der Waals surface area (Å²) in [5.74, 6) is 1.61. The highest BCUT2D eigenvalue weighted by molar-refractivity contribution is 5.84. The average molecular weight is 272 g/mol. The highest BCUT2D eigenvalue weighted by Crippen LogP contribution is 2.60. The van der Waals surface area contributed by atoms with Crippen LogP contribution in [0, 0.1) is 11.8 Å². The Morgan fingerprint density at radius 2 is 2.15 bits per heavy atom. The fraction of sp³-hybridized carbons (Fsp3) is 0.588. The standard InChI is InChI=1S/C17H24N2O/c1-2-10-19(11-9-18)17(20)16-14-8-7-12-5-3-4-6-13(12)15(14)16/h3-6,14-16H,2,7-11,18H2,1H3. The maximum atomic E-state index is 12.7. The topological polar surface area (TPSA) is 46.3 Å². The van der Waals surface area contributed by atoms with Gasteiger partial charge in [-0.1, -0.05) is 31.2 Å². The van der Waals surface area contributed by atoms with E-state index < -0.39 is 0 Å². The number of amides is 1. The molecular formula is C17H24N2O. The highest BCUT2D eigenvalue weighted by Gasteiger charge is 2.57. The van der Waals surface area contributed by atoms with E-state index in [0.717, 1.165) is 19.4 Å². The third-order valence-corrected chi connectivity index (χ3v) is 4.82. The van der Waals surface area contributed by atoms with Crippen LogP contribution in [0.4, 0.5) is 0 Å². The van der Waals surface area contributed by atoms with Crippen LogP contribution in [0.15, 0.2) is 24.3 Å². The first-order valence-electron chi connectivity index (χ1n) is 7.84. The van der Waals surface area contributed by atoms with E-state index in [0.29, 0.717) is 30.8 Å². The van der Waals surface area contributed by atoms with Crippen molar-refractivity contribution in [2.45, 2.75) is 32.1 Å². The van der Waals surface area contributed by atoms with Crippen molar-refractivity contribution in [2.75, 3.05) is 19.6 Å². The lowest BCUT2D eigenvalue weighted by Gasteiger charge is -2.21. The molecule has 1 saturated carbocycles. The van der Waals surface area contributed by atoms with Crippen molar-refractivity contribution in [3.05, 3.63) is 35.4 Å². The van der Waals surface area contributed by atoms with Crippen molar-refractivity contribution in [2.24, 2.45) is 17.6 Å². The minimum absolute atomic E-state index is 0.219. The molecule has 1 aromatic rings. The second kappa shape index (κ2) is 5.57. The van der Waals surface area contributed by atoms with Gasteiger partial charge in [0.05, 0.1) is 0 Å². The molecule has 0 aliphatic heterocycles. The molecule has 0 spiro atoms. The summed E-state index contributed by atoms with van der Waals surface area (Å²) in [6, 6.07) is 8.64. The normalized spacial score (nSPS) is 26.6. The second-order valence-corrected chi connectivity index (χ2v) is 6.07. The summed E-state index contributed by atoms with van der Waals surface area (Å²) in [7, 11) is 0. The fourth-order valence-electron chi connectivity index (χ4n) is 3.87. The van der Waals surface area contributed by atoms with Gasteiger partial charge in [0.15, 0.2) is 0 Å². The largest absolute Gasteiger partial charge is 0.341 e. The van der Waals surface area contributed by atoms with Crippen LogP contribution in [-0.4, -0.2) is 30.4 Å². The van der Waals surface area contributed by atoms with Crippen LogP contribution in [0.5, 0.6) is 0 Å². The molecule has 0 aromatic heterocycles. The van der Waals surface area contributed by atoms with Crippen LogP contribution in [0.2, 0.25) is 0 Å². The van der Waals surface area contributed by atoms with Crippen molar-refractivity contribution in [3.63, 3.8) is 0 Å². The third-order valence-electron chi connectivity index (χ3n) is 4.82. The number of nitrogens with zero attached hydrogens (tertiary/aromatic N) is 1. The first-order valence-corrected chi connectivity index (χ1v) is 7.84. The summed E-state index contributed by atoms with van der Waals surface area (Å²) in [4.78, 5) is 14.7. The predicted molar refractivity (Wildman–Crippen MR) is 80.4 cm³/mol. The van der Waals surface area contributed by atoms with Crippen molar-refractivity contribution in [1.82, 2.24) is 4.90 Å². The molecule has 3 rings (SSSR count). The zero-order chi connectivity index (χ0) is 14.1. The summed E-state index contributed by atoms with van der Waals surface area (Å²) < 4.78 is 0. The summed E-state index contributed by atoms with van der Waals surface area (Å²) >= 11 is 0. The molecule has 2 aliphatic rings. The van der Waals surface area contributed by atoms with Crippen LogP contribution in [0.3, 0.4) is 0 Å². The molecular weight excluding hydrogens is 248 g/mol. The molecule has 0 saturated heterocycles. The van der Waals surface area contributed by atoms with Crippen molar-refractivity contribution >= 4 is 5.91 Å². The van der Waals surface area contributed by atoms with E-state index >= 15 is 0 Å². The Hall–Kier alpha value is -1.35. The summed E-state index contributed by atoms with van der Waals surface area (Å²) in [6.07, 6.45) is 3.30. The zero-order valence-corrected chi connectivity index (χ0v) is 12.2. The SMILES string of the molecule is CCCN(CCN)C(=O)C1C2CCc3ccccc3C21. The molecule has 1 fully saturated rings. The van der Waals surface area contributed by atoms with Gasteiger partial charge in [0.1, 0.15) is 0 Å². The molecule has 0 bridgehead atoms. The fourth-order valence-corrected chi connectivity index (χ4v) is 3.87. The van der Waals surface area contributed by atoms with Crippen LogP contribution >= 0.6 is 0 Å². The van der Waals surface area contributed by atoms with E-state index in [9.17, 15) is 4.79 Å². The van der Waals surface area contributed by atoms with Gasteiger partial charge in [0.25, 0.3) is 0 Å². The van der Waals surface area contributed by atoms with Gasteiger partial charge in [-0.3, -0.25) is 4.79 Å². The Morgan fingerprint density at radius 3 is 2.90 bits per heavy atom. The van der Waals surface area contributed by atoms with E-state index in [1.165, 1.54) is 17.5 Å². The van der Waals surface area contributed by atoms with Crippen LogP contribution < -0.4 is 5.73 Å². The number of aryl methyl sites for hydroxylation is 1. The monoisotopic (exact) mass is 272 g/mol. The van der Waals surface area contributed by atoms with Crippen molar-refractivity contribution in [3.8, 4) is 0 Å². The van der Waals surface area contributed by atoms with Gasteiger partial charge < -0.3 is 10.6 Å². The molecule has 108 valence electrons. The minimum Gasteiger partial charge on any atom is -0.341 e. The van der Waals surface area contributed by atoms with E-state index in [1.807, 2.05) is 4.90 Å². The Morgan fingerprint density at radius 1 is 1.35 bits per heavy atom. The number of hydrogen-bond acceptors (Lipinski definition) is 2. The number of nitrogens with two attached hydrogens (primary N) is 1. The number of fused-ring (bicyclic) bond motifs is 3. The zero-order valence-electron chi connectivity index (χ0n) is 12.2. The van der Waals surface area contributed by atoms with Crippen molar-refractivity contribution < 1.29 is 4.79 Å². The predicted octanol–water partition coefficient (Wildman–Crippen LogP) is 2.16. The molecule has 20 heavy (non-hydrogen) atoms. The maximum Gasteiger partial charge on any atom is 0.226 e. The summed E-state index contributed by atoms with van der Waals surface area (Å²) in [5, 5.41) is 0. The third kappa shape index (κ3) is 2.24. The summed E-state index contributed by atoms with van der Waals surface area (Å²) in [6.45, 7) is 4.22. The maximum absolute atomic E-state index is 12.7. The van der Waals surface area contributed by atoms with Gasteiger partial charge in [-0.05, 0) is 42.2 Å². The van der Waals surface area contributed by atoms with E-state index in [4.69, 9.17) is 5.73 Å². The lowest BCUT2D eigenvalue weighted by Crippen LogP contribution is -2.37. The Bertz CT molecular complexity index is 494.